The molecule has 0 aromatic carbocycles. The van der Waals surface area contributed by atoms with Crippen LogP contribution in [0.2, 0.25) is 0 Å². The van der Waals surface area contributed by atoms with Crippen LogP contribution >= 0.6 is 19.4 Å². The molecule has 1 nitrogen and oxygen atoms in total. The van der Waals surface area contributed by atoms with E-state index in [9.17, 15) is 0 Å². The average Bonchev–Trinajstić information content (AvgIpc) is 2.08. The third-order valence-corrected chi connectivity index (χ3v) is 1.03. The fourth-order valence-corrected chi connectivity index (χ4v) is 0.557. The Balaban J connectivity index is 0.000000292. The Morgan fingerprint density at radius 3 is 2.55 bits per heavy atom. The molecule has 0 aliphatic rings. The van der Waals surface area contributed by atoms with Gasteiger partial charge >= 0.3 is 34.5 Å². The first kappa shape index (κ1) is 11.4. The van der Waals surface area contributed by atoms with E-state index in [4.69, 9.17) is 19.4 Å². The number of nitrogens with zero attached hydrogens (tertiary/aromatic N) is 1. The molecule has 4 heteroatoms. The van der Waals surface area contributed by atoms with Gasteiger partial charge in [0.15, 0.2) is 0 Å². The molecule has 0 saturated carbocycles. The van der Waals surface area contributed by atoms with Crippen molar-refractivity contribution in [2.75, 3.05) is 0 Å². The van der Waals surface area contributed by atoms with Crippen LogP contribution in [0, 0.1) is 6.20 Å². The molecule has 57 valence electrons. The summed E-state index contributed by atoms with van der Waals surface area (Å²) in [5, 5.41) is 0. The Kier molecular flexibility index (Phi) is 8.72. The summed E-state index contributed by atoms with van der Waals surface area (Å²) in [6.07, 6.45) is 3.76. The number of hydrogen-bond acceptors (Lipinski definition) is 1. The van der Waals surface area contributed by atoms with Crippen LogP contribution in [0.5, 0.6) is 0 Å². The van der Waals surface area contributed by atoms with Gasteiger partial charge in [0.25, 0.3) is 0 Å². The zero-order chi connectivity index (χ0) is 8.53. The Labute approximate surface area is 82.8 Å². The SMILES string of the molecule is CCc1ccc[c]n1.[Cl][Zn][Cl]. The second kappa shape index (κ2) is 8.45. The number of rotatable bonds is 1. The third-order valence-electron chi connectivity index (χ3n) is 1.03. The fraction of sp³-hybridized carbons (Fsp3) is 0.286. The summed E-state index contributed by atoms with van der Waals surface area (Å²) < 4.78 is 0. The van der Waals surface area contributed by atoms with Crippen molar-refractivity contribution >= 4 is 19.4 Å². The summed E-state index contributed by atoms with van der Waals surface area (Å²) in [4.78, 5) is 3.97. The minimum atomic E-state index is -0.931. The molecule has 11 heavy (non-hydrogen) atoms. The molecule has 0 atom stereocenters. The molecule has 1 radical (unpaired) electrons. The minimum absolute atomic E-state index is 0.931. The fourth-order valence-electron chi connectivity index (χ4n) is 0.557. The van der Waals surface area contributed by atoms with Crippen molar-refractivity contribution in [3.63, 3.8) is 0 Å². The Hall–Kier alpha value is 0.353. The van der Waals surface area contributed by atoms with Gasteiger partial charge in [-0.05, 0) is 18.6 Å². The predicted molar refractivity (Wildman–Crippen MR) is 44.2 cm³/mol. The molecular formula is C7H8Cl2NZn. The molecule has 1 aromatic heterocycles. The standard InChI is InChI=1S/C7H8N.2ClH.Zn/c1-2-7-5-3-4-6-8-7;;;/h3-5H,2H2,1H3;2*1H;/q;;;+2/p-2. The van der Waals surface area contributed by atoms with Crippen LogP contribution in [-0.2, 0) is 21.6 Å². The number of pyridine rings is 1. The van der Waals surface area contributed by atoms with Gasteiger partial charge in [-0.1, -0.05) is 13.0 Å². The van der Waals surface area contributed by atoms with E-state index in [1.165, 1.54) is 0 Å². The van der Waals surface area contributed by atoms with Crippen molar-refractivity contribution in [1.29, 1.82) is 0 Å². The van der Waals surface area contributed by atoms with E-state index >= 15 is 0 Å². The normalized spacial score (nSPS) is 7.55. The summed E-state index contributed by atoms with van der Waals surface area (Å²) in [5.41, 5.74) is 1.10. The molecule has 0 unspecified atom stereocenters. The first-order valence-corrected chi connectivity index (χ1v) is 11.1. The molecule has 0 spiro atoms. The predicted octanol–water partition coefficient (Wildman–Crippen LogP) is 2.82. The van der Waals surface area contributed by atoms with E-state index in [1.54, 1.807) is 6.07 Å². The topological polar surface area (TPSA) is 12.9 Å². The van der Waals surface area contributed by atoms with Crippen LogP contribution in [-0.4, -0.2) is 4.98 Å². The van der Waals surface area contributed by atoms with Gasteiger partial charge in [0, 0.05) is 5.69 Å². The Bertz CT molecular complexity index is 169. The Morgan fingerprint density at radius 1 is 1.64 bits per heavy atom. The van der Waals surface area contributed by atoms with Crippen LogP contribution in [0.3, 0.4) is 0 Å². The van der Waals surface area contributed by atoms with Crippen LogP contribution < -0.4 is 0 Å². The number of hydrogen-bond donors (Lipinski definition) is 0. The average molecular weight is 242 g/mol. The zero-order valence-electron chi connectivity index (χ0n) is 6.35. The quantitative estimate of drug-likeness (QED) is 0.690. The maximum absolute atomic E-state index is 4.95. The van der Waals surface area contributed by atoms with Gasteiger partial charge < -0.3 is 0 Å². The van der Waals surface area contributed by atoms with E-state index in [-0.39, 0.29) is 0 Å². The molecule has 1 heterocycles. The van der Waals surface area contributed by atoms with E-state index in [1.807, 2.05) is 12.1 Å². The number of halogens is 2. The molecule has 1 rings (SSSR count). The molecule has 0 bridgehead atoms. The van der Waals surface area contributed by atoms with Crippen molar-refractivity contribution in [2.24, 2.45) is 0 Å². The van der Waals surface area contributed by atoms with Crippen LogP contribution in [0.25, 0.3) is 0 Å². The summed E-state index contributed by atoms with van der Waals surface area (Å²) in [6.45, 7) is 2.08. The number of aromatic nitrogens is 1. The molecule has 0 aliphatic carbocycles. The van der Waals surface area contributed by atoms with E-state index in [0.717, 1.165) is 12.1 Å². The van der Waals surface area contributed by atoms with E-state index in [2.05, 4.69) is 18.1 Å². The van der Waals surface area contributed by atoms with Crippen LogP contribution in [0.1, 0.15) is 12.6 Å². The van der Waals surface area contributed by atoms with Gasteiger partial charge in [0.2, 0.25) is 0 Å². The van der Waals surface area contributed by atoms with Crippen molar-refractivity contribution in [3.05, 3.63) is 30.1 Å². The van der Waals surface area contributed by atoms with Gasteiger partial charge in [0.05, 0.1) is 6.20 Å². The van der Waals surface area contributed by atoms with Crippen molar-refractivity contribution in [1.82, 2.24) is 4.98 Å². The number of aryl methyl sites for hydroxylation is 1. The summed E-state index contributed by atoms with van der Waals surface area (Å²) >= 11 is -0.931. The monoisotopic (exact) mass is 240 g/mol. The summed E-state index contributed by atoms with van der Waals surface area (Å²) in [5.74, 6) is 0. The first-order chi connectivity index (χ1) is 5.35. The van der Waals surface area contributed by atoms with Crippen LogP contribution in [0.4, 0.5) is 0 Å². The summed E-state index contributed by atoms with van der Waals surface area (Å²) in [6, 6.07) is 5.75. The summed E-state index contributed by atoms with van der Waals surface area (Å²) in [7, 11) is 9.90. The zero-order valence-corrected chi connectivity index (χ0v) is 10.8. The van der Waals surface area contributed by atoms with E-state index in [0.29, 0.717) is 0 Å². The molecule has 1 aromatic rings. The molecule has 0 fully saturated rings. The second-order valence-electron chi connectivity index (χ2n) is 1.71. The van der Waals surface area contributed by atoms with E-state index < -0.39 is 15.1 Å². The third kappa shape index (κ3) is 6.74. The van der Waals surface area contributed by atoms with Crippen molar-refractivity contribution in [2.45, 2.75) is 13.3 Å². The molecule has 0 aliphatic heterocycles. The second-order valence-corrected chi connectivity index (χ2v) is 6.34. The Morgan fingerprint density at radius 2 is 2.27 bits per heavy atom. The van der Waals surface area contributed by atoms with Gasteiger partial charge in [-0.15, -0.1) is 0 Å². The van der Waals surface area contributed by atoms with Gasteiger partial charge in [0.1, 0.15) is 0 Å². The molecule has 0 saturated heterocycles. The van der Waals surface area contributed by atoms with Gasteiger partial charge in [-0.2, -0.15) is 0 Å². The maximum atomic E-state index is 4.95. The van der Waals surface area contributed by atoms with Crippen molar-refractivity contribution in [3.8, 4) is 0 Å². The molecule has 0 amide bonds. The van der Waals surface area contributed by atoms with Crippen LogP contribution in [0.15, 0.2) is 18.2 Å². The molecule has 0 N–H and O–H groups in total. The molecular weight excluding hydrogens is 234 g/mol. The first-order valence-electron chi connectivity index (χ1n) is 3.29. The van der Waals surface area contributed by atoms with Crippen molar-refractivity contribution < 1.29 is 15.1 Å². The van der Waals surface area contributed by atoms with Gasteiger partial charge in [-0.25, -0.2) is 0 Å². The van der Waals surface area contributed by atoms with Gasteiger partial charge in [-0.3, -0.25) is 4.98 Å².